The van der Waals surface area contributed by atoms with Crippen molar-refractivity contribution >= 4 is 67.8 Å². The topological polar surface area (TPSA) is 0 Å². The minimum atomic E-state index is -0.155. The zero-order valence-corrected chi connectivity index (χ0v) is 18.7. The van der Waals surface area contributed by atoms with E-state index in [-0.39, 0.29) is 5.82 Å². The zero-order chi connectivity index (χ0) is 16.6. The van der Waals surface area contributed by atoms with Crippen molar-refractivity contribution in [3.05, 3.63) is 76.7 Å². The summed E-state index contributed by atoms with van der Waals surface area (Å²) in [7, 11) is 0. The molecule has 0 aliphatic rings. The molecular weight excluding hydrogens is 628 g/mol. The van der Waals surface area contributed by atoms with E-state index in [1.807, 2.05) is 13.0 Å². The van der Waals surface area contributed by atoms with Crippen LogP contribution < -0.4 is 0 Å². The molecule has 0 aromatic heterocycles. The van der Waals surface area contributed by atoms with Gasteiger partial charge in [0.1, 0.15) is 5.82 Å². The summed E-state index contributed by atoms with van der Waals surface area (Å²) in [6.45, 7) is 1.95. The van der Waals surface area contributed by atoms with Crippen LogP contribution in [0.15, 0.2) is 54.6 Å². The van der Waals surface area contributed by atoms with E-state index in [4.69, 9.17) is 0 Å². The van der Waals surface area contributed by atoms with E-state index in [1.54, 1.807) is 6.07 Å². The van der Waals surface area contributed by atoms with Crippen molar-refractivity contribution in [1.29, 1.82) is 0 Å². The Bertz CT molecular complexity index is 847. The zero-order valence-electron chi connectivity index (χ0n) is 12.2. The number of rotatable bonds is 2. The van der Waals surface area contributed by atoms with Gasteiger partial charge in [-0.05, 0) is 127 Å². The largest absolute Gasteiger partial charge is 0.206 e. The Morgan fingerprint density at radius 2 is 1.39 bits per heavy atom. The van der Waals surface area contributed by atoms with Crippen molar-refractivity contribution < 1.29 is 4.39 Å². The first-order chi connectivity index (χ1) is 11.0. The van der Waals surface area contributed by atoms with Crippen molar-refractivity contribution in [1.82, 2.24) is 0 Å². The molecule has 0 radical (unpaired) electrons. The molecule has 0 amide bonds. The van der Waals surface area contributed by atoms with Gasteiger partial charge >= 0.3 is 0 Å². The van der Waals surface area contributed by atoms with Gasteiger partial charge in [0, 0.05) is 7.14 Å². The molecule has 0 heterocycles. The van der Waals surface area contributed by atoms with E-state index < -0.39 is 0 Å². The van der Waals surface area contributed by atoms with Gasteiger partial charge in [-0.3, -0.25) is 0 Å². The first-order valence-electron chi connectivity index (χ1n) is 6.97. The second kappa shape index (κ2) is 7.35. The van der Waals surface area contributed by atoms with Crippen LogP contribution in [0.25, 0.3) is 22.3 Å². The summed E-state index contributed by atoms with van der Waals surface area (Å²) < 4.78 is 17.1. The highest BCUT2D eigenvalue weighted by molar-refractivity contribution is 14.1. The second-order valence-electron chi connectivity index (χ2n) is 5.29. The summed E-state index contributed by atoms with van der Waals surface area (Å²) in [5, 5.41) is 0. The highest BCUT2D eigenvalue weighted by Crippen LogP contribution is 2.32. The number of benzene rings is 3. The molecule has 0 fully saturated rings. The third-order valence-corrected chi connectivity index (χ3v) is 6.65. The maximum Gasteiger partial charge on any atom is 0.137 e. The summed E-state index contributed by atoms with van der Waals surface area (Å²) in [5.41, 5.74) is 5.34. The van der Waals surface area contributed by atoms with Crippen molar-refractivity contribution in [2.45, 2.75) is 6.92 Å². The van der Waals surface area contributed by atoms with Gasteiger partial charge in [-0.2, -0.15) is 0 Å². The third-order valence-electron chi connectivity index (χ3n) is 3.67. The van der Waals surface area contributed by atoms with E-state index in [9.17, 15) is 4.39 Å². The predicted octanol–water partition coefficient (Wildman–Crippen LogP) is 7.28. The maximum atomic E-state index is 14.0. The van der Waals surface area contributed by atoms with E-state index in [0.29, 0.717) is 3.57 Å². The van der Waals surface area contributed by atoms with Crippen molar-refractivity contribution in [3.63, 3.8) is 0 Å². The minimum absolute atomic E-state index is 0.155. The molecule has 116 valence electrons. The molecule has 23 heavy (non-hydrogen) atoms. The summed E-state index contributed by atoms with van der Waals surface area (Å²) in [5.74, 6) is -0.155. The minimum Gasteiger partial charge on any atom is -0.206 e. The van der Waals surface area contributed by atoms with E-state index >= 15 is 0 Å². The standard InChI is InChI=1S/C19H12FI3/c1-11-8-14(9-17(20)19(11)23)16-7-4-13(10-18(16)22)12-2-5-15(21)6-3-12/h2-10H,1H3. The molecule has 0 aliphatic heterocycles. The van der Waals surface area contributed by atoms with Crippen molar-refractivity contribution in [2.75, 3.05) is 0 Å². The first kappa shape index (κ1) is 17.6. The Morgan fingerprint density at radius 1 is 0.739 bits per heavy atom. The van der Waals surface area contributed by atoms with Gasteiger partial charge in [0.2, 0.25) is 0 Å². The Labute approximate surface area is 176 Å². The highest BCUT2D eigenvalue weighted by atomic mass is 127. The molecule has 3 aromatic rings. The van der Waals surface area contributed by atoms with Gasteiger partial charge in [0.15, 0.2) is 0 Å². The van der Waals surface area contributed by atoms with Gasteiger partial charge in [0.25, 0.3) is 0 Å². The lowest BCUT2D eigenvalue weighted by atomic mass is 9.99. The molecule has 4 heteroatoms. The first-order valence-corrected chi connectivity index (χ1v) is 10.2. The van der Waals surface area contributed by atoms with Crippen LogP contribution in [0, 0.1) is 23.5 Å². The Morgan fingerprint density at radius 3 is 2.00 bits per heavy atom. The smallest absolute Gasteiger partial charge is 0.137 e. The molecule has 0 spiro atoms. The summed E-state index contributed by atoms with van der Waals surface area (Å²) >= 11 is 6.69. The average Bonchev–Trinajstić information content (AvgIpc) is 2.53. The molecule has 3 aromatic carbocycles. The monoisotopic (exact) mass is 640 g/mol. The van der Waals surface area contributed by atoms with Gasteiger partial charge in [0.05, 0.1) is 3.57 Å². The fourth-order valence-electron chi connectivity index (χ4n) is 2.45. The van der Waals surface area contributed by atoms with Crippen LogP contribution in [0.1, 0.15) is 5.56 Å². The molecule has 0 nitrogen and oxygen atoms in total. The number of hydrogen-bond donors (Lipinski definition) is 0. The molecular formula is C19H12FI3. The molecule has 0 N–H and O–H groups in total. The SMILES string of the molecule is Cc1cc(-c2ccc(-c3ccc(I)cc3)cc2I)cc(F)c1I. The lowest BCUT2D eigenvalue weighted by Gasteiger charge is -2.10. The predicted molar refractivity (Wildman–Crippen MR) is 120 cm³/mol. The summed E-state index contributed by atoms with van der Waals surface area (Å²) in [6, 6.07) is 18.5. The van der Waals surface area contributed by atoms with Crippen LogP contribution >= 0.6 is 67.8 Å². The van der Waals surface area contributed by atoms with Crippen LogP contribution in [0.4, 0.5) is 4.39 Å². The molecule has 0 saturated heterocycles. The van der Waals surface area contributed by atoms with Crippen LogP contribution in [-0.4, -0.2) is 0 Å². The quantitative estimate of drug-likeness (QED) is 0.259. The number of aryl methyl sites for hydroxylation is 1. The lowest BCUT2D eigenvalue weighted by molar-refractivity contribution is 0.619. The van der Waals surface area contributed by atoms with Gasteiger partial charge in [-0.25, -0.2) is 4.39 Å². The summed E-state index contributed by atoms with van der Waals surface area (Å²) in [6.07, 6.45) is 0. The van der Waals surface area contributed by atoms with Gasteiger partial charge in [-0.1, -0.05) is 30.3 Å². The third kappa shape index (κ3) is 3.89. The van der Waals surface area contributed by atoms with E-state index in [0.717, 1.165) is 20.3 Å². The maximum absolute atomic E-state index is 14.0. The van der Waals surface area contributed by atoms with Crippen LogP contribution in [-0.2, 0) is 0 Å². The van der Waals surface area contributed by atoms with Crippen molar-refractivity contribution in [3.8, 4) is 22.3 Å². The summed E-state index contributed by atoms with van der Waals surface area (Å²) in [4.78, 5) is 0. The second-order valence-corrected chi connectivity index (χ2v) is 8.78. The van der Waals surface area contributed by atoms with E-state index in [1.165, 1.54) is 14.7 Å². The van der Waals surface area contributed by atoms with Crippen LogP contribution in [0.3, 0.4) is 0 Å². The van der Waals surface area contributed by atoms with Crippen LogP contribution in [0.5, 0.6) is 0 Å². The molecule has 3 rings (SSSR count). The number of hydrogen-bond acceptors (Lipinski definition) is 0. The molecule has 0 saturated carbocycles. The van der Waals surface area contributed by atoms with E-state index in [2.05, 4.69) is 110 Å². The van der Waals surface area contributed by atoms with Crippen molar-refractivity contribution in [2.24, 2.45) is 0 Å². The lowest BCUT2D eigenvalue weighted by Crippen LogP contribution is -1.91. The Hall–Kier alpha value is -0.220. The molecule has 0 atom stereocenters. The van der Waals surface area contributed by atoms with Crippen LogP contribution in [0.2, 0.25) is 0 Å². The van der Waals surface area contributed by atoms with Gasteiger partial charge in [-0.15, -0.1) is 0 Å². The Kier molecular flexibility index (Phi) is 5.62. The number of halogens is 4. The normalized spacial score (nSPS) is 10.8. The average molecular weight is 640 g/mol. The fourth-order valence-corrected chi connectivity index (χ4v) is 3.95. The molecule has 0 bridgehead atoms. The van der Waals surface area contributed by atoms with Gasteiger partial charge < -0.3 is 0 Å². The molecule has 0 aliphatic carbocycles. The highest BCUT2D eigenvalue weighted by Gasteiger charge is 2.10. The molecule has 0 unspecified atom stereocenters. The Balaban J connectivity index is 2.04. The fraction of sp³-hybridized carbons (Fsp3) is 0.0526.